The van der Waals surface area contributed by atoms with Crippen molar-refractivity contribution < 1.29 is 8.42 Å². The van der Waals surface area contributed by atoms with Crippen LogP contribution in [0.4, 0.5) is 0 Å². The van der Waals surface area contributed by atoms with Crippen LogP contribution in [-0.4, -0.2) is 18.2 Å². The molecule has 0 saturated carbocycles. The second-order valence-electron chi connectivity index (χ2n) is 3.03. The Morgan fingerprint density at radius 2 is 2.07 bits per heavy atom. The van der Waals surface area contributed by atoms with Gasteiger partial charge >= 0.3 is 0 Å². The van der Waals surface area contributed by atoms with E-state index in [1.807, 2.05) is 0 Å². The Balaban J connectivity index is 2.82. The lowest BCUT2D eigenvalue weighted by Crippen LogP contribution is -1.91. The molecule has 2 aromatic rings. The Labute approximate surface area is 95.8 Å². The average Bonchev–Trinajstić information content (AvgIpc) is 2.41. The number of hydrogen-bond donors (Lipinski definition) is 0. The number of aromatic nitrogens is 2. The van der Waals surface area contributed by atoms with E-state index in [-0.39, 0.29) is 10.0 Å². The molecule has 0 bridgehead atoms. The van der Waals surface area contributed by atoms with E-state index in [4.69, 9.17) is 22.3 Å². The van der Waals surface area contributed by atoms with Gasteiger partial charge in [0.05, 0.1) is 10.4 Å². The maximum absolute atomic E-state index is 11.1. The Kier molecular flexibility index (Phi) is 2.41. The number of hydrogen-bond acceptors (Lipinski definition) is 3. The maximum Gasteiger partial charge on any atom is 0.261 e. The lowest BCUT2D eigenvalue weighted by molar-refractivity contribution is 0.609. The van der Waals surface area contributed by atoms with Crippen LogP contribution in [0.5, 0.6) is 0 Å². The van der Waals surface area contributed by atoms with Crippen LogP contribution in [0.15, 0.2) is 23.1 Å². The van der Waals surface area contributed by atoms with E-state index in [1.54, 1.807) is 17.8 Å². The van der Waals surface area contributed by atoms with Crippen LogP contribution in [0.25, 0.3) is 10.9 Å². The zero-order valence-electron chi connectivity index (χ0n) is 7.61. The van der Waals surface area contributed by atoms with Crippen molar-refractivity contribution in [1.82, 2.24) is 9.78 Å². The first-order valence-electron chi connectivity index (χ1n) is 3.96. The molecule has 0 amide bonds. The summed E-state index contributed by atoms with van der Waals surface area (Å²) in [6, 6.07) is 4.44. The summed E-state index contributed by atoms with van der Waals surface area (Å²) in [5.41, 5.74) is 0.754. The number of aryl methyl sites for hydroxylation is 1. The van der Waals surface area contributed by atoms with Crippen LogP contribution in [0.3, 0.4) is 0 Å². The van der Waals surface area contributed by atoms with Crippen LogP contribution >= 0.6 is 22.3 Å². The van der Waals surface area contributed by atoms with E-state index in [2.05, 4.69) is 5.10 Å². The fourth-order valence-corrected chi connectivity index (χ4v) is 2.40. The summed E-state index contributed by atoms with van der Waals surface area (Å²) in [5.74, 6) is 0. The van der Waals surface area contributed by atoms with Gasteiger partial charge in [-0.05, 0) is 18.2 Å². The molecule has 0 N–H and O–H groups in total. The fourth-order valence-electron chi connectivity index (χ4n) is 1.35. The van der Waals surface area contributed by atoms with Gasteiger partial charge in [-0.15, -0.1) is 0 Å². The smallest absolute Gasteiger partial charge is 0.261 e. The molecule has 0 saturated heterocycles. The third kappa shape index (κ3) is 1.82. The van der Waals surface area contributed by atoms with Gasteiger partial charge in [-0.2, -0.15) is 5.10 Å². The SMILES string of the molecule is Cn1nc(Cl)c2cc(S(=O)(=O)Cl)ccc21. The number of rotatable bonds is 1. The minimum Gasteiger partial charge on any atom is -0.266 e. The molecule has 0 spiro atoms. The van der Waals surface area contributed by atoms with Gasteiger partial charge in [-0.25, -0.2) is 8.42 Å². The first-order valence-corrected chi connectivity index (χ1v) is 6.65. The second kappa shape index (κ2) is 3.37. The molecule has 2 rings (SSSR count). The molecule has 0 aliphatic carbocycles. The maximum atomic E-state index is 11.1. The van der Waals surface area contributed by atoms with Gasteiger partial charge in [-0.1, -0.05) is 11.6 Å². The molecule has 80 valence electrons. The lowest BCUT2D eigenvalue weighted by atomic mass is 10.2. The summed E-state index contributed by atoms with van der Waals surface area (Å²) >= 11 is 5.83. The van der Waals surface area contributed by atoms with Crippen molar-refractivity contribution in [3.05, 3.63) is 23.4 Å². The largest absolute Gasteiger partial charge is 0.266 e. The number of benzene rings is 1. The molecule has 1 aromatic carbocycles. The van der Waals surface area contributed by atoms with E-state index >= 15 is 0 Å². The highest BCUT2D eigenvalue weighted by atomic mass is 35.7. The van der Waals surface area contributed by atoms with Crippen LogP contribution < -0.4 is 0 Å². The van der Waals surface area contributed by atoms with E-state index in [0.29, 0.717) is 5.39 Å². The van der Waals surface area contributed by atoms with E-state index < -0.39 is 9.05 Å². The molecule has 1 heterocycles. The van der Waals surface area contributed by atoms with Crippen molar-refractivity contribution in [3.8, 4) is 0 Å². The molecule has 1 aromatic heterocycles. The molecule has 0 atom stereocenters. The van der Waals surface area contributed by atoms with Crippen LogP contribution in [-0.2, 0) is 16.1 Å². The minimum atomic E-state index is -3.73. The average molecular weight is 265 g/mol. The summed E-state index contributed by atoms with van der Waals surface area (Å²) in [5, 5.41) is 4.79. The highest BCUT2D eigenvalue weighted by molar-refractivity contribution is 8.13. The first-order chi connectivity index (χ1) is 6.89. The minimum absolute atomic E-state index is 0.0200. The second-order valence-corrected chi connectivity index (χ2v) is 5.96. The standard InChI is InChI=1S/C8H6Cl2N2O2S/c1-12-7-3-2-5(15(10,13)14)4-6(7)8(9)11-12/h2-4H,1H3. The van der Waals surface area contributed by atoms with Gasteiger partial charge in [0, 0.05) is 23.1 Å². The number of fused-ring (bicyclic) bond motifs is 1. The zero-order chi connectivity index (χ0) is 11.2. The number of nitrogens with zero attached hydrogens (tertiary/aromatic N) is 2. The summed E-state index contributed by atoms with van der Waals surface area (Å²) in [4.78, 5) is 0.0200. The van der Waals surface area contributed by atoms with Crippen molar-refractivity contribution >= 4 is 42.2 Å². The highest BCUT2D eigenvalue weighted by Crippen LogP contribution is 2.26. The van der Waals surface area contributed by atoms with E-state index in [0.717, 1.165) is 5.52 Å². The first kappa shape index (κ1) is 10.7. The van der Waals surface area contributed by atoms with Gasteiger partial charge in [0.25, 0.3) is 9.05 Å². The summed E-state index contributed by atoms with van der Waals surface area (Å²) in [6.45, 7) is 0. The van der Waals surface area contributed by atoms with Crippen molar-refractivity contribution in [2.75, 3.05) is 0 Å². The van der Waals surface area contributed by atoms with Gasteiger partial charge in [0.2, 0.25) is 0 Å². The molecule has 15 heavy (non-hydrogen) atoms. The topological polar surface area (TPSA) is 52.0 Å². The Bertz CT molecular complexity index is 633. The van der Waals surface area contributed by atoms with Gasteiger partial charge in [0.15, 0.2) is 5.15 Å². The molecule has 0 aliphatic heterocycles. The summed E-state index contributed by atoms with van der Waals surface area (Å²) in [6.07, 6.45) is 0. The predicted octanol–water partition coefficient (Wildman–Crippen LogP) is 2.15. The summed E-state index contributed by atoms with van der Waals surface area (Å²) < 4.78 is 23.8. The van der Waals surface area contributed by atoms with E-state index in [9.17, 15) is 8.42 Å². The molecule has 0 aliphatic rings. The molecular formula is C8H6Cl2N2O2S. The Hall–Kier alpha value is -0.780. The monoisotopic (exact) mass is 264 g/mol. The molecular weight excluding hydrogens is 259 g/mol. The quantitative estimate of drug-likeness (QED) is 0.742. The van der Waals surface area contributed by atoms with Gasteiger partial charge < -0.3 is 0 Å². The Morgan fingerprint density at radius 1 is 1.40 bits per heavy atom. The summed E-state index contributed by atoms with van der Waals surface area (Å²) in [7, 11) is 3.22. The van der Waals surface area contributed by atoms with Gasteiger partial charge in [0.1, 0.15) is 0 Å². The van der Waals surface area contributed by atoms with Crippen LogP contribution in [0.2, 0.25) is 5.15 Å². The van der Waals surface area contributed by atoms with Crippen molar-refractivity contribution in [2.45, 2.75) is 4.90 Å². The number of halogens is 2. The molecule has 7 heteroatoms. The zero-order valence-corrected chi connectivity index (χ0v) is 9.94. The van der Waals surface area contributed by atoms with Crippen molar-refractivity contribution in [2.24, 2.45) is 7.05 Å². The molecule has 0 radical (unpaired) electrons. The Morgan fingerprint density at radius 3 is 2.67 bits per heavy atom. The van der Waals surface area contributed by atoms with Gasteiger partial charge in [-0.3, -0.25) is 4.68 Å². The van der Waals surface area contributed by atoms with Crippen molar-refractivity contribution in [1.29, 1.82) is 0 Å². The third-order valence-electron chi connectivity index (χ3n) is 2.06. The predicted molar refractivity (Wildman–Crippen MR) is 58.8 cm³/mol. The van der Waals surface area contributed by atoms with Crippen LogP contribution in [0, 0.1) is 0 Å². The molecule has 0 unspecified atom stereocenters. The van der Waals surface area contributed by atoms with Crippen molar-refractivity contribution in [3.63, 3.8) is 0 Å². The fraction of sp³-hybridized carbons (Fsp3) is 0.125. The molecule has 4 nitrogen and oxygen atoms in total. The lowest BCUT2D eigenvalue weighted by Gasteiger charge is -1.97. The third-order valence-corrected chi connectivity index (χ3v) is 3.69. The molecule has 0 fully saturated rings. The van der Waals surface area contributed by atoms with Crippen LogP contribution in [0.1, 0.15) is 0 Å². The van der Waals surface area contributed by atoms with E-state index in [1.165, 1.54) is 12.1 Å². The highest BCUT2D eigenvalue weighted by Gasteiger charge is 2.13. The normalized spacial score (nSPS) is 12.2.